The fourth-order valence-corrected chi connectivity index (χ4v) is 1.71. The highest BCUT2D eigenvalue weighted by molar-refractivity contribution is 5.48. The van der Waals surface area contributed by atoms with Crippen molar-refractivity contribution in [2.75, 3.05) is 0 Å². The maximum Gasteiger partial charge on any atom is 0.122 e. The fraction of sp³-hybridized carbons (Fsp3) is 0.538. The van der Waals surface area contributed by atoms with Gasteiger partial charge in [-0.3, -0.25) is 0 Å². The number of phenolic OH excluding ortho intramolecular Hbond substituents is 2. The summed E-state index contributed by atoms with van der Waals surface area (Å²) in [6, 6.07) is 3.29. The molecule has 0 fully saturated rings. The van der Waals surface area contributed by atoms with Crippen LogP contribution in [0, 0.1) is 0 Å². The third-order valence-corrected chi connectivity index (χ3v) is 2.50. The topological polar surface area (TPSA) is 40.5 Å². The lowest BCUT2D eigenvalue weighted by molar-refractivity contribution is 0.428. The third kappa shape index (κ3) is 2.65. The van der Waals surface area contributed by atoms with Crippen molar-refractivity contribution < 1.29 is 10.2 Å². The molecule has 0 radical (unpaired) electrons. The molecule has 0 saturated carbocycles. The van der Waals surface area contributed by atoms with Gasteiger partial charge in [0.1, 0.15) is 11.5 Å². The molecule has 15 heavy (non-hydrogen) atoms. The minimum Gasteiger partial charge on any atom is -0.508 e. The average Bonchev–Trinajstić information content (AvgIpc) is 2.09. The lowest BCUT2D eigenvalue weighted by Crippen LogP contribution is -2.12. The van der Waals surface area contributed by atoms with Crippen molar-refractivity contribution >= 4 is 0 Å². The van der Waals surface area contributed by atoms with E-state index in [1.54, 1.807) is 12.1 Å². The highest BCUT2D eigenvalue weighted by Crippen LogP contribution is 2.36. The van der Waals surface area contributed by atoms with Gasteiger partial charge in [-0.2, -0.15) is 0 Å². The van der Waals surface area contributed by atoms with Crippen LogP contribution in [0.4, 0.5) is 0 Å². The van der Waals surface area contributed by atoms with E-state index in [2.05, 4.69) is 6.92 Å². The quantitative estimate of drug-likeness (QED) is 0.732. The molecule has 2 N–H and O–H groups in total. The zero-order valence-electron chi connectivity index (χ0n) is 9.96. The molecule has 0 aromatic heterocycles. The van der Waals surface area contributed by atoms with E-state index in [0.717, 1.165) is 24.0 Å². The van der Waals surface area contributed by atoms with E-state index in [0.29, 0.717) is 5.75 Å². The van der Waals surface area contributed by atoms with Crippen molar-refractivity contribution in [2.24, 2.45) is 0 Å². The van der Waals surface area contributed by atoms with Crippen molar-refractivity contribution in [3.05, 3.63) is 23.3 Å². The van der Waals surface area contributed by atoms with Crippen LogP contribution in [0.1, 0.15) is 45.2 Å². The van der Waals surface area contributed by atoms with Crippen LogP contribution in [-0.2, 0) is 11.8 Å². The normalized spacial score (nSPS) is 11.7. The van der Waals surface area contributed by atoms with Crippen molar-refractivity contribution in [3.8, 4) is 11.5 Å². The van der Waals surface area contributed by atoms with Crippen molar-refractivity contribution in [2.45, 2.75) is 46.0 Å². The van der Waals surface area contributed by atoms with Crippen LogP contribution in [0.5, 0.6) is 11.5 Å². The first-order chi connectivity index (χ1) is 6.86. The zero-order chi connectivity index (χ0) is 11.6. The number of hydrogen-bond acceptors (Lipinski definition) is 2. The van der Waals surface area contributed by atoms with Gasteiger partial charge in [0.15, 0.2) is 0 Å². The van der Waals surface area contributed by atoms with E-state index in [1.165, 1.54) is 0 Å². The maximum absolute atomic E-state index is 10.1. The highest BCUT2D eigenvalue weighted by Gasteiger charge is 2.20. The van der Waals surface area contributed by atoms with Crippen molar-refractivity contribution in [3.63, 3.8) is 0 Å². The summed E-state index contributed by atoms with van der Waals surface area (Å²) in [6.45, 7) is 8.13. The SMILES string of the molecule is CCCc1cc(O)cc(C(C)(C)C)c1O. The summed E-state index contributed by atoms with van der Waals surface area (Å²) in [7, 11) is 0. The van der Waals surface area contributed by atoms with E-state index < -0.39 is 0 Å². The number of hydrogen-bond donors (Lipinski definition) is 2. The number of rotatable bonds is 2. The minimum atomic E-state index is -0.148. The van der Waals surface area contributed by atoms with Gasteiger partial charge in [-0.15, -0.1) is 0 Å². The van der Waals surface area contributed by atoms with E-state index in [1.807, 2.05) is 20.8 Å². The molecule has 0 aliphatic heterocycles. The molecule has 0 aliphatic carbocycles. The van der Waals surface area contributed by atoms with Crippen LogP contribution in [-0.4, -0.2) is 10.2 Å². The molecule has 0 bridgehead atoms. The van der Waals surface area contributed by atoms with Gasteiger partial charge in [0.2, 0.25) is 0 Å². The molecule has 2 nitrogen and oxygen atoms in total. The Bertz CT molecular complexity index is 348. The summed E-state index contributed by atoms with van der Waals surface area (Å²) < 4.78 is 0. The summed E-state index contributed by atoms with van der Waals surface area (Å²) in [5.74, 6) is 0.573. The van der Waals surface area contributed by atoms with Gasteiger partial charge < -0.3 is 10.2 Å². The standard InChI is InChI=1S/C13H20O2/c1-5-6-9-7-10(14)8-11(12(9)15)13(2,3)4/h7-8,14-15H,5-6H2,1-4H3. The Morgan fingerprint density at radius 1 is 1.13 bits per heavy atom. The molecule has 0 atom stereocenters. The molecule has 0 heterocycles. The Morgan fingerprint density at radius 3 is 2.20 bits per heavy atom. The van der Waals surface area contributed by atoms with Gasteiger partial charge in [-0.05, 0) is 29.5 Å². The van der Waals surface area contributed by atoms with Gasteiger partial charge >= 0.3 is 0 Å². The number of benzene rings is 1. The van der Waals surface area contributed by atoms with Crippen LogP contribution < -0.4 is 0 Å². The molecule has 0 saturated heterocycles. The Hall–Kier alpha value is -1.18. The van der Waals surface area contributed by atoms with Gasteiger partial charge in [0.25, 0.3) is 0 Å². The molecule has 0 aliphatic rings. The second kappa shape index (κ2) is 4.13. The first-order valence-corrected chi connectivity index (χ1v) is 5.41. The van der Waals surface area contributed by atoms with Crippen molar-refractivity contribution in [1.29, 1.82) is 0 Å². The third-order valence-electron chi connectivity index (χ3n) is 2.50. The van der Waals surface area contributed by atoms with Crippen LogP contribution in [0.25, 0.3) is 0 Å². The molecule has 1 aromatic rings. The smallest absolute Gasteiger partial charge is 0.122 e. The Balaban J connectivity index is 3.28. The zero-order valence-corrected chi connectivity index (χ0v) is 9.96. The fourth-order valence-electron chi connectivity index (χ4n) is 1.71. The minimum absolute atomic E-state index is 0.148. The highest BCUT2D eigenvalue weighted by atomic mass is 16.3. The molecule has 0 spiro atoms. The van der Waals surface area contributed by atoms with Gasteiger partial charge in [-0.1, -0.05) is 34.1 Å². The van der Waals surface area contributed by atoms with Crippen molar-refractivity contribution in [1.82, 2.24) is 0 Å². The number of aryl methyl sites for hydroxylation is 1. The second-order valence-electron chi connectivity index (χ2n) is 5.00. The molecular formula is C13H20O2. The Morgan fingerprint density at radius 2 is 1.73 bits per heavy atom. The van der Waals surface area contributed by atoms with E-state index >= 15 is 0 Å². The van der Waals surface area contributed by atoms with Gasteiger partial charge in [0.05, 0.1) is 0 Å². The Kier molecular flexibility index (Phi) is 3.28. The lowest BCUT2D eigenvalue weighted by Gasteiger charge is -2.22. The van der Waals surface area contributed by atoms with E-state index in [9.17, 15) is 10.2 Å². The number of phenols is 2. The predicted molar refractivity (Wildman–Crippen MR) is 62.5 cm³/mol. The summed E-state index contributed by atoms with van der Waals surface area (Å²) >= 11 is 0. The second-order valence-corrected chi connectivity index (χ2v) is 5.00. The summed E-state index contributed by atoms with van der Waals surface area (Å²) in [4.78, 5) is 0. The largest absolute Gasteiger partial charge is 0.508 e. The van der Waals surface area contributed by atoms with Crippen LogP contribution in [0.15, 0.2) is 12.1 Å². The summed E-state index contributed by atoms with van der Waals surface area (Å²) in [5, 5.41) is 19.7. The first-order valence-electron chi connectivity index (χ1n) is 5.41. The molecule has 1 rings (SSSR count). The molecule has 84 valence electrons. The molecular weight excluding hydrogens is 188 g/mol. The van der Waals surface area contributed by atoms with Crippen LogP contribution in [0.2, 0.25) is 0 Å². The maximum atomic E-state index is 10.1. The van der Waals surface area contributed by atoms with E-state index in [-0.39, 0.29) is 11.2 Å². The molecule has 2 heteroatoms. The molecule has 0 unspecified atom stereocenters. The first kappa shape index (κ1) is 11.9. The van der Waals surface area contributed by atoms with E-state index in [4.69, 9.17) is 0 Å². The lowest BCUT2D eigenvalue weighted by atomic mass is 9.84. The monoisotopic (exact) mass is 208 g/mol. The number of aromatic hydroxyl groups is 2. The molecule has 1 aromatic carbocycles. The van der Waals surface area contributed by atoms with Crippen LogP contribution in [0.3, 0.4) is 0 Å². The van der Waals surface area contributed by atoms with Gasteiger partial charge in [-0.25, -0.2) is 0 Å². The summed E-state index contributed by atoms with van der Waals surface area (Å²) in [6.07, 6.45) is 1.75. The Labute approximate surface area is 91.6 Å². The summed E-state index contributed by atoms with van der Waals surface area (Å²) in [5.41, 5.74) is 1.50. The van der Waals surface area contributed by atoms with Crippen LogP contribution >= 0.6 is 0 Å². The average molecular weight is 208 g/mol. The van der Waals surface area contributed by atoms with Gasteiger partial charge in [0, 0.05) is 5.56 Å². The molecule has 0 amide bonds. The predicted octanol–water partition coefficient (Wildman–Crippen LogP) is 3.35.